The molecule has 0 radical (unpaired) electrons. The van der Waals surface area contributed by atoms with Crippen molar-refractivity contribution < 1.29 is 13.6 Å². The summed E-state index contributed by atoms with van der Waals surface area (Å²) in [5.41, 5.74) is 0.406. The summed E-state index contributed by atoms with van der Waals surface area (Å²) in [4.78, 5) is 11.4. The summed E-state index contributed by atoms with van der Waals surface area (Å²) < 4.78 is 26.3. The molecule has 5 heteroatoms. The van der Waals surface area contributed by atoms with E-state index in [9.17, 15) is 13.6 Å². The summed E-state index contributed by atoms with van der Waals surface area (Å²) >= 11 is 0. The van der Waals surface area contributed by atoms with Crippen LogP contribution in [-0.4, -0.2) is 18.5 Å². The molecular weight excluding hydrogens is 250 g/mol. The third-order valence-corrected chi connectivity index (χ3v) is 3.17. The molecule has 2 N–H and O–H groups in total. The number of halogens is 2. The average Bonchev–Trinajstić information content (AvgIpc) is 3.12. The highest BCUT2D eigenvalue weighted by Gasteiger charge is 2.22. The Labute approximate surface area is 111 Å². The second-order valence-corrected chi connectivity index (χ2v) is 4.93. The Morgan fingerprint density at radius 1 is 1.42 bits per heavy atom. The van der Waals surface area contributed by atoms with Gasteiger partial charge in [-0.2, -0.15) is 0 Å². The van der Waals surface area contributed by atoms with Crippen LogP contribution in [0.25, 0.3) is 0 Å². The van der Waals surface area contributed by atoms with Gasteiger partial charge in [0.2, 0.25) is 5.91 Å². The van der Waals surface area contributed by atoms with Crippen LogP contribution in [0.15, 0.2) is 18.2 Å². The van der Waals surface area contributed by atoms with Gasteiger partial charge < -0.3 is 10.6 Å². The topological polar surface area (TPSA) is 41.1 Å². The van der Waals surface area contributed by atoms with E-state index in [4.69, 9.17) is 0 Å². The molecule has 0 spiro atoms. The van der Waals surface area contributed by atoms with Crippen LogP contribution >= 0.6 is 0 Å². The average molecular weight is 268 g/mol. The van der Waals surface area contributed by atoms with Crippen molar-refractivity contribution in [2.24, 2.45) is 0 Å². The molecule has 1 fully saturated rings. The Kier molecular flexibility index (Phi) is 4.47. The van der Waals surface area contributed by atoms with Crippen LogP contribution in [0.1, 0.15) is 37.8 Å². The van der Waals surface area contributed by atoms with E-state index in [-0.39, 0.29) is 11.9 Å². The van der Waals surface area contributed by atoms with Crippen molar-refractivity contribution in [3.63, 3.8) is 0 Å². The summed E-state index contributed by atoms with van der Waals surface area (Å²) in [6.45, 7) is 2.26. The van der Waals surface area contributed by atoms with Crippen LogP contribution in [0.2, 0.25) is 0 Å². The highest BCUT2D eigenvalue weighted by Crippen LogP contribution is 2.19. The summed E-state index contributed by atoms with van der Waals surface area (Å²) in [6.07, 6.45) is 2.50. The van der Waals surface area contributed by atoms with Crippen LogP contribution in [-0.2, 0) is 4.79 Å². The smallest absolute Gasteiger partial charge is 0.221 e. The number of benzene rings is 1. The first-order chi connectivity index (χ1) is 9.06. The first-order valence-corrected chi connectivity index (χ1v) is 6.54. The van der Waals surface area contributed by atoms with Crippen LogP contribution in [0.5, 0.6) is 0 Å². The van der Waals surface area contributed by atoms with Gasteiger partial charge in [0.15, 0.2) is 0 Å². The standard InChI is InChI=1S/C14H18F2N2O/c1-9(12-5-2-10(15)8-13(12)16)17-7-6-14(19)18-11-3-4-11/h2,5,8-9,11,17H,3-4,6-7H2,1H3,(H,18,19). The molecule has 1 aromatic carbocycles. The lowest BCUT2D eigenvalue weighted by atomic mass is 10.1. The number of hydrogen-bond acceptors (Lipinski definition) is 2. The largest absolute Gasteiger partial charge is 0.353 e. The van der Waals surface area contributed by atoms with E-state index < -0.39 is 11.6 Å². The third-order valence-electron chi connectivity index (χ3n) is 3.17. The Morgan fingerprint density at radius 2 is 2.16 bits per heavy atom. The van der Waals surface area contributed by atoms with Crippen LogP contribution < -0.4 is 10.6 Å². The molecular formula is C14H18F2N2O. The summed E-state index contributed by atoms with van der Waals surface area (Å²) in [5, 5.41) is 5.94. The van der Waals surface area contributed by atoms with E-state index in [1.165, 1.54) is 12.1 Å². The Hall–Kier alpha value is -1.49. The molecule has 0 saturated heterocycles. The van der Waals surface area contributed by atoms with E-state index in [2.05, 4.69) is 10.6 Å². The fourth-order valence-corrected chi connectivity index (χ4v) is 1.89. The molecule has 1 aliphatic rings. The molecule has 0 aromatic heterocycles. The quantitative estimate of drug-likeness (QED) is 0.831. The number of nitrogens with one attached hydrogen (secondary N) is 2. The molecule has 1 saturated carbocycles. The lowest BCUT2D eigenvalue weighted by molar-refractivity contribution is -0.121. The molecule has 0 heterocycles. The van der Waals surface area contributed by atoms with Crippen molar-refractivity contribution in [2.45, 2.75) is 38.3 Å². The summed E-state index contributed by atoms with van der Waals surface area (Å²) in [7, 11) is 0. The van der Waals surface area contributed by atoms with Crippen molar-refractivity contribution >= 4 is 5.91 Å². The van der Waals surface area contributed by atoms with E-state index >= 15 is 0 Å². The lowest BCUT2D eigenvalue weighted by Crippen LogP contribution is -2.30. The zero-order valence-electron chi connectivity index (χ0n) is 10.9. The normalized spacial score (nSPS) is 16.2. The van der Waals surface area contributed by atoms with Crippen molar-refractivity contribution in [1.82, 2.24) is 10.6 Å². The van der Waals surface area contributed by atoms with Crippen LogP contribution in [0.4, 0.5) is 8.78 Å². The van der Waals surface area contributed by atoms with Crippen LogP contribution in [0.3, 0.4) is 0 Å². The summed E-state index contributed by atoms with van der Waals surface area (Å²) in [5.74, 6) is -1.14. The van der Waals surface area contributed by atoms with E-state index in [0.717, 1.165) is 18.9 Å². The maximum atomic E-state index is 13.5. The van der Waals surface area contributed by atoms with Gasteiger partial charge in [0.05, 0.1) is 0 Å². The molecule has 1 aliphatic carbocycles. The molecule has 0 bridgehead atoms. The Bertz CT molecular complexity index is 461. The lowest BCUT2D eigenvalue weighted by Gasteiger charge is -2.15. The molecule has 1 amide bonds. The first-order valence-electron chi connectivity index (χ1n) is 6.54. The van der Waals surface area contributed by atoms with Gasteiger partial charge in [0.25, 0.3) is 0 Å². The maximum Gasteiger partial charge on any atom is 0.221 e. The van der Waals surface area contributed by atoms with Gasteiger partial charge in [-0.3, -0.25) is 4.79 Å². The molecule has 0 aliphatic heterocycles. The van der Waals surface area contributed by atoms with Gasteiger partial charge in [0, 0.05) is 36.7 Å². The zero-order valence-corrected chi connectivity index (χ0v) is 10.9. The predicted octanol–water partition coefficient (Wildman–Crippen LogP) is 2.28. The fraction of sp³-hybridized carbons (Fsp3) is 0.500. The highest BCUT2D eigenvalue weighted by molar-refractivity contribution is 5.76. The number of carbonyl (C=O) groups excluding carboxylic acids is 1. The molecule has 3 nitrogen and oxygen atoms in total. The van der Waals surface area contributed by atoms with Gasteiger partial charge in [-0.15, -0.1) is 0 Å². The number of amides is 1. The molecule has 104 valence electrons. The molecule has 1 aromatic rings. The van der Waals surface area contributed by atoms with Crippen molar-refractivity contribution in [3.05, 3.63) is 35.4 Å². The van der Waals surface area contributed by atoms with Crippen molar-refractivity contribution in [1.29, 1.82) is 0 Å². The number of rotatable bonds is 6. The molecule has 1 unspecified atom stereocenters. The van der Waals surface area contributed by atoms with Gasteiger partial charge in [-0.25, -0.2) is 8.78 Å². The monoisotopic (exact) mass is 268 g/mol. The Balaban J connectivity index is 1.76. The Morgan fingerprint density at radius 3 is 2.79 bits per heavy atom. The van der Waals surface area contributed by atoms with Gasteiger partial charge >= 0.3 is 0 Å². The molecule has 1 atom stereocenters. The second-order valence-electron chi connectivity index (χ2n) is 4.93. The van der Waals surface area contributed by atoms with E-state index in [1.807, 2.05) is 0 Å². The predicted molar refractivity (Wildman–Crippen MR) is 68.6 cm³/mol. The highest BCUT2D eigenvalue weighted by atomic mass is 19.1. The van der Waals surface area contributed by atoms with E-state index in [0.29, 0.717) is 24.6 Å². The third kappa shape index (κ3) is 4.28. The number of carbonyl (C=O) groups is 1. The SMILES string of the molecule is CC(NCCC(=O)NC1CC1)c1ccc(F)cc1F. The maximum absolute atomic E-state index is 13.5. The van der Waals surface area contributed by atoms with Crippen LogP contribution in [0, 0.1) is 11.6 Å². The van der Waals surface area contributed by atoms with Gasteiger partial charge in [0.1, 0.15) is 11.6 Å². The van der Waals surface area contributed by atoms with Gasteiger partial charge in [-0.05, 0) is 25.8 Å². The van der Waals surface area contributed by atoms with Gasteiger partial charge in [-0.1, -0.05) is 6.07 Å². The molecule has 2 rings (SSSR count). The van der Waals surface area contributed by atoms with Crippen molar-refractivity contribution in [2.75, 3.05) is 6.54 Å². The minimum atomic E-state index is -0.586. The second kappa shape index (κ2) is 6.10. The van der Waals surface area contributed by atoms with Crippen molar-refractivity contribution in [3.8, 4) is 0 Å². The first kappa shape index (κ1) is 13.9. The molecule has 19 heavy (non-hydrogen) atoms. The minimum Gasteiger partial charge on any atom is -0.353 e. The summed E-state index contributed by atoms with van der Waals surface area (Å²) in [6, 6.07) is 3.63. The zero-order chi connectivity index (χ0) is 13.8. The van der Waals surface area contributed by atoms with E-state index in [1.54, 1.807) is 6.92 Å². The number of hydrogen-bond donors (Lipinski definition) is 2. The minimum absolute atomic E-state index is 0.0155. The fourth-order valence-electron chi connectivity index (χ4n) is 1.89.